The second-order valence-corrected chi connectivity index (χ2v) is 6.10. The van der Waals surface area contributed by atoms with Gasteiger partial charge in [-0.2, -0.15) is 10.4 Å². The van der Waals surface area contributed by atoms with E-state index < -0.39 is 0 Å². The lowest BCUT2D eigenvalue weighted by Crippen LogP contribution is -2.35. The van der Waals surface area contributed by atoms with Gasteiger partial charge in [0, 0.05) is 13.7 Å². The van der Waals surface area contributed by atoms with Crippen molar-refractivity contribution >= 4 is 11.7 Å². The lowest BCUT2D eigenvalue weighted by Gasteiger charge is -2.20. The van der Waals surface area contributed by atoms with Crippen molar-refractivity contribution in [2.75, 3.05) is 32.1 Å². The predicted molar refractivity (Wildman–Crippen MR) is 103 cm³/mol. The van der Waals surface area contributed by atoms with E-state index in [1.54, 1.807) is 18.1 Å². The monoisotopic (exact) mass is 379 g/mol. The van der Waals surface area contributed by atoms with Gasteiger partial charge in [0.05, 0.1) is 37.8 Å². The zero-order chi connectivity index (χ0) is 19.8. The lowest BCUT2D eigenvalue weighted by molar-refractivity contribution is -0.117. The van der Waals surface area contributed by atoms with Crippen LogP contribution in [-0.2, 0) is 16.1 Å². The number of nitriles is 1. The fourth-order valence-electron chi connectivity index (χ4n) is 2.75. The number of carbonyl (C=O) groups is 1. The van der Waals surface area contributed by atoms with Gasteiger partial charge in [-0.1, -0.05) is 18.2 Å². The molecule has 0 unspecified atom stereocenters. The summed E-state index contributed by atoms with van der Waals surface area (Å²) in [6.07, 6.45) is 3.04. The van der Waals surface area contributed by atoms with E-state index in [0.29, 0.717) is 31.1 Å². The molecule has 0 fully saturated rings. The van der Waals surface area contributed by atoms with E-state index >= 15 is 0 Å². The summed E-state index contributed by atoms with van der Waals surface area (Å²) in [5, 5.41) is 16.4. The third-order valence-electron chi connectivity index (χ3n) is 4.09. The molecule has 0 spiro atoms. The van der Waals surface area contributed by atoms with Crippen molar-refractivity contribution in [2.45, 2.75) is 6.54 Å². The van der Waals surface area contributed by atoms with Crippen LogP contribution < -0.4 is 5.32 Å². The van der Waals surface area contributed by atoms with Crippen molar-refractivity contribution in [3.05, 3.63) is 66.2 Å². The average Bonchev–Trinajstić information content (AvgIpc) is 3.36. The van der Waals surface area contributed by atoms with E-state index in [9.17, 15) is 10.1 Å². The number of rotatable bonds is 9. The topological polar surface area (TPSA) is 96.3 Å². The highest BCUT2D eigenvalue weighted by molar-refractivity contribution is 5.92. The standard InChI is InChI=1S/C20H21N5O3/c1-27-11-9-24(14-18-8-5-10-28-18)15-19(26)23-20-16(12-21)13-22-25(20)17-6-3-2-4-7-17/h2-8,10,13H,9,11,14-15H2,1H3,(H,23,26). The Balaban J connectivity index is 1.74. The molecule has 8 nitrogen and oxygen atoms in total. The molecule has 2 aromatic heterocycles. The number of amides is 1. The number of ether oxygens (including phenoxy) is 1. The van der Waals surface area contributed by atoms with E-state index in [2.05, 4.69) is 16.5 Å². The van der Waals surface area contributed by atoms with Gasteiger partial charge in [0.2, 0.25) is 5.91 Å². The van der Waals surface area contributed by atoms with Crippen LogP contribution in [0.15, 0.2) is 59.3 Å². The number of aromatic nitrogens is 2. The molecule has 28 heavy (non-hydrogen) atoms. The van der Waals surface area contributed by atoms with E-state index in [-0.39, 0.29) is 12.5 Å². The number of furan rings is 1. The number of methoxy groups -OCH3 is 1. The van der Waals surface area contributed by atoms with Crippen LogP contribution in [0.25, 0.3) is 5.69 Å². The molecular weight excluding hydrogens is 358 g/mol. The first kappa shape index (κ1) is 19.4. The van der Waals surface area contributed by atoms with Gasteiger partial charge in [-0.3, -0.25) is 9.69 Å². The first-order valence-electron chi connectivity index (χ1n) is 8.78. The molecule has 0 aliphatic carbocycles. The number of hydrogen-bond donors (Lipinski definition) is 1. The Morgan fingerprint density at radius 3 is 2.82 bits per heavy atom. The quantitative estimate of drug-likeness (QED) is 0.613. The number of para-hydroxylation sites is 1. The van der Waals surface area contributed by atoms with Gasteiger partial charge in [0.1, 0.15) is 17.4 Å². The van der Waals surface area contributed by atoms with E-state index in [1.807, 2.05) is 47.4 Å². The zero-order valence-electron chi connectivity index (χ0n) is 15.5. The smallest absolute Gasteiger partial charge is 0.239 e. The summed E-state index contributed by atoms with van der Waals surface area (Å²) in [7, 11) is 1.61. The van der Waals surface area contributed by atoms with Crippen molar-refractivity contribution in [3.63, 3.8) is 0 Å². The van der Waals surface area contributed by atoms with Crippen LogP contribution in [0, 0.1) is 11.3 Å². The molecule has 1 N–H and O–H groups in total. The Morgan fingerprint density at radius 1 is 1.32 bits per heavy atom. The maximum atomic E-state index is 12.7. The van der Waals surface area contributed by atoms with E-state index in [1.165, 1.54) is 6.20 Å². The maximum Gasteiger partial charge on any atom is 0.239 e. The summed E-state index contributed by atoms with van der Waals surface area (Å²) in [5.41, 5.74) is 1.05. The molecule has 1 amide bonds. The molecule has 0 saturated carbocycles. The highest BCUT2D eigenvalue weighted by Crippen LogP contribution is 2.19. The van der Waals surface area contributed by atoms with Crippen LogP contribution in [0.3, 0.4) is 0 Å². The van der Waals surface area contributed by atoms with E-state index in [0.717, 1.165) is 11.4 Å². The lowest BCUT2D eigenvalue weighted by atomic mass is 10.3. The molecule has 0 saturated heterocycles. The highest BCUT2D eigenvalue weighted by Gasteiger charge is 2.18. The SMILES string of the molecule is COCCN(CC(=O)Nc1c(C#N)cnn1-c1ccccc1)Cc1ccco1. The Kier molecular flexibility index (Phi) is 6.57. The van der Waals surface area contributed by atoms with Gasteiger partial charge < -0.3 is 14.5 Å². The second-order valence-electron chi connectivity index (χ2n) is 6.10. The molecule has 3 rings (SSSR count). The maximum absolute atomic E-state index is 12.7. The van der Waals surface area contributed by atoms with Crippen molar-refractivity contribution in [3.8, 4) is 11.8 Å². The summed E-state index contributed by atoms with van der Waals surface area (Å²) in [4.78, 5) is 14.6. The molecule has 0 bridgehead atoms. The molecule has 0 aliphatic rings. The van der Waals surface area contributed by atoms with Gasteiger partial charge in [0.25, 0.3) is 0 Å². The third-order valence-corrected chi connectivity index (χ3v) is 4.09. The minimum absolute atomic E-state index is 0.120. The Hall–Kier alpha value is -3.41. The first-order chi connectivity index (χ1) is 13.7. The number of anilines is 1. The molecule has 3 aromatic rings. The number of nitrogens with one attached hydrogen (secondary N) is 1. The van der Waals surface area contributed by atoms with Crippen molar-refractivity contribution in [1.82, 2.24) is 14.7 Å². The molecule has 2 heterocycles. The van der Waals surface area contributed by atoms with Crippen LogP contribution in [0.1, 0.15) is 11.3 Å². The van der Waals surface area contributed by atoms with Gasteiger partial charge in [-0.05, 0) is 24.3 Å². The summed E-state index contributed by atoms with van der Waals surface area (Å²) < 4.78 is 12.0. The zero-order valence-corrected chi connectivity index (χ0v) is 15.5. The summed E-state index contributed by atoms with van der Waals surface area (Å²) in [5.74, 6) is 0.858. The number of carbonyl (C=O) groups excluding carboxylic acids is 1. The molecule has 0 aliphatic heterocycles. The number of benzene rings is 1. The van der Waals surface area contributed by atoms with Crippen LogP contribution in [0.4, 0.5) is 5.82 Å². The molecule has 1 aromatic carbocycles. The van der Waals surface area contributed by atoms with Gasteiger partial charge >= 0.3 is 0 Å². The van der Waals surface area contributed by atoms with Gasteiger partial charge in [0.15, 0.2) is 5.82 Å². The second kappa shape index (κ2) is 9.50. The van der Waals surface area contributed by atoms with E-state index in [4.69, 9.17) is 9.15 Å². The Morgan fingerprint density at radius 2 is 2.14 bits per heavy atom. The number of nitrogens with zero attached hydrogens (tertiary/aromatic N) is 4. The summed E-state index contributed by atoms with van der Waals surface area (Å²) in [6.45, 7) is 1.65. The van der Waals surface area contributed by atoms with Gasteiger partial charge in [-0.25, -0.2) is 4.68 Å². The van der Waals surface area contributed by atoms with Crippen LogP contribution in [0.2, 0.25) is 0 Å². The largest absolute Gasteiger partial charge is 0.468 e. The van der Waals surface area contributed by atoms with Crippen molar-refractivity contribution in [1.29, 1.82) is 5.26 Å². The normalized spacial score (nSPS) is 10.8. The minimum Gasteiger partial charge on any atom is -0.468 e. The Bertz CT molecular complexity index is 929. The number of hydrogen-bond acceptors (Lipinski definition) is 6. The molecular formula is C20H21N5O3. The molecule has 144 valence electrons. The molecule has 0 atom stereocenters. The first-order valence-corrected chi connectivity index (χ1v) is 8.78. The van der Waals surface area contributed by atoms with Gasteiger partial charge in [-0.15, -0.1) is 0 Å². The minimum atomic E-state index is -0.253. The highest BCUT2D eigenvalue weighted by atomic mass is 16.5. The fraction of sp³-hybridized carbons (Fsp3) is 0.250. The summed E-state index contributed by atoms with van der Waals surface area (Å²) >= 11 is 0. The fourth-order valence-corrected chi connectivity index (χ4v) is 2.75. The van der Waals surface area contributed by atoms with Crippen molar-refractivity contribution in [2.24, 2.45) is 0 Å². The molecule has 0 radical (unpaired) electrons. The third kappa shape index (κ3) is 4.85. The van der Waals surface area contributed by atoms with Crippen LogP contribution >= 0.6 is 0 Å². The summed E-state index contributed by atoms with van der Waals surface area (Å²) in [6, 6.07) is 15.1. The van der Waals surface area contributed by atoms with Crippen LogP contribution in [0.5, 0.6) is 0 Å². The van der Waals surface area contributed by atoms with Crippen molar-refractivity contribution < 1.29 is 13.9 Å². The van der Waals surface area contributed by atoms with Crippen LogP contribution in [-0.4, -0.2) is 47.4 Å². The molecule has 8 heteroatoms. The Labute approximate surface area is 162 Å². The average molecular weight is 379 g/mol. The predicted octanol–water partition coefficient (Wildman–Crippen LogP) is 2.42.